The lowest BCUT2D eigenvalue weighted by Gasteiger charge is -1.98. The lowest BCUT2D eigenvalue weighted by Crippen LogP contribution is -2.10. The maximum Gasteiger partial charge on any atom is 0.135 e. The molecule has 0 aliphatic carbocycles. The third-order valence-corrected chi connectivity index (χ3v) is 4.86. The number of hydrogen-bond donors (Lipinski definition) is 4. The lowest BCUT2D eigenvalue weighted by atomic mass is 10.1. The molecule has 6 N–H and O–H groups in total. The number of rotatable bonds is 7. The van der Waals surface area contributed by atoms with Crippen LogP contribution in [0.4, 0.5) is 0 Å². The highest BCUT2D eigenvalue weighted by Gasteiger charge is 2.08. The first-order valence-electron chi connectivity index (χ1n) is 9.23. The van der Waals surface area contributed by atoms with Crippen LogP contribution in [0.15, 0.2) is 57.4 Å². The average molecular weight is 447 g/mol. The first-order chi connectivity index (χ1) is 13.5. The third kappa shape index (κ3) is 4.96. The lowest BCUT2D eigenvalue weighted by molar-refractivity contribution is 0.509. The predicted molar refractivity (Wildman–Crippen MR) is 126 cm³/mol. The molecule has 0 atom stereocenters. The molecular weight excluding hydrogens is 423 g/mol. The van der Waals surface area contributed by atoms with E-state index in [4.69, 9.17) is 31.1 Å². The maximum atomic E-state index is 7.52. The van der Waals surface area contributed by atoms with Gasteiger partial charge in [0.1, 0.15) is 34.4 Å². The molecule has 0 aliphatic rings. The zero-order valence-electron chi connectivity index (χ0n) is 16.2. The number of benzene rings is 2. The number of fused-ring (bicyclic) bond motifs is 2. The Morgan fingerprint density at radius 1 is 0.667 bits per heavy atom. The standard InChI is InChI=1S/C22H22N4O2.2ClH/c23-21(24)15-7-5-13-9-17(27-19(13)11-15)3-1-2-4-18-10-14-6-8-16(22(25)26)12-20(14)28-18;;/h5-12H,1-4H2,(H3,23,24)(H3,25,26);2*1H. The van der Waals surface area contributed by atoms with Crippen molar-refractivity contribution in [2.24, 2.45) is 11.5 Å². The van der Waals surface area contributed by atoms with Gasteiger partial charge in [-0.25, -0.2) is 0 Å². The van der Waals surface area contributed by atoms with Crippen molar-refractivity contribution in [2.45, 2.75) is 25.7 Å². The van der Waals surface area contributed by atoms with Crippen LogP contribution in [0.5, 0.6) is 0 Å². The number of nitrogens with one attached hydrogen (secondary N) is 2. The van der Waals surface area contributed by atoms with Gasteiger partial charge in [-0.2, -0.15) is 0 Å². The van der Waals surface area contributed by atoms with E-state index in [9.17, 15) is 0 Å². The number of nitrogens with two attached hydrogens (primary N) is 2. The minimum absolute atomic E-state index is 0. The second-order valence-corrected chi connectivity index (χ2v) is 6.97. The Hall–Kier alpha value is -2.96. The Bertz CT molecular complexity index is 1100. The topological polar surface area (TPSA) is 126 Å². The van der Waals surface area contributed by atoms with E-state index >= 15 is 0 Å². The number of amidine groups is 2. The average Bonchev–Trinajstić information content (AvgIpc) is 3.26. The number of hydrogen-bond acceptors (Lipinski definition) is 4. The fourth-order valence-corrected chi connectivity index (χ4v) is 3.35. The van der Waals surface area contributed by atoms with Gasteiger partial charge in [-0.05, 0) is 37.1 Å². The summed E-state index contributed by atoms with van der Waals surface area (Å²) in [5.74, 6) is 1.96. The summed E-state index contributed by atoms with van der Waals surface area (Å²) in [7, 11) is 0. The molecule has 4 aromatic rings. The van der Waals surface area contributed by atoms with Gasteiger partial charge in [0.15, 0.2) is 0 Å². The summed E-state index contributed by atoms with van der Waals surface area (Å²) in [5.41, 5.74) is 13.9. The fraction of sp³-hybridized carbons (Fsp3) is 0.182. The van der Waals surface area contributed by atoms with E-state index in [2.05, 4.69) is 0 Å². The van der Waals surface area contributed by atoms with Crippen molar-refractivity contribution < 1.29 is 8.83 Å². The molecule has 4 rings (SSSR count). The van der Waals surface area contributed by atoms with Crippen molar-refractivity contribution >= 4 is 58.4 Å². The smallest absolute Gasteiger partial charge is 0.135 e. The second kappa shape index (κ2) is 9.69. The highest BCUT2D eigenvalue weighted by molar-refractivity contribution is 5.98. The van der Waals surface area contributed by atoms with Gasteiger partial charge >= 0.3 is 0 Å². The predicted octanol–water partition coefficient (Wildman–Crippen LogP) is 5.16. The van der Waals surface area contributed by atoms with Crippen LogP contribution in [0.25, 0.3) is 21.9 Å². The van der Waals surface area contributed by atoms with Crippen molar-refractivity contribution in [1.82, 2.24) is 0 Å². The Morgan fingerprint density at radius 2 is 1.07 bits per heavy atom. The molecule has 2 heterocycles. The Balaban J connectivity index is 0.00000160. The van der Waals surface area contributed by atoms with Crippen LogP contribution in [0.3, 0.4) is 0 Å². The van der Waals surface area contributed by atoms with Gasteiger partial charge < -0.3 is 20.3 Å². The third-order valence-electron chi connectivity index (χ3n) is 4.86. The number of furan rings is 2. The van der Waals surface area contributed by atoms with Gasteiger partial charge in [0.2, 0.25) is 0 Å². The number of aryl methyl sites for hydroxylation is 2. The van der Waals surface area contributed by atoms with Crippen LogP contribution in [0, 0.1) is 10.8 Å². The molecule has 0 radical (unpaired) electrons. The minimum Gasteiger partial charge on any atom is -0.461 e. The molecule has 6 nitrogen and oxygen atoms in total. The largest absolute Gasteiger partial charge is 0.461 e. The Kier molecular flexibility index (Phi) is 7.54. The zero-order chi connectivity index (χ0) is 19.7. The summed E-state index contributed by atoms with van der Waals surface area (Å²) in [4.78, 5) is 0. The molecule has 0 saturated heterocycles. The fourth-order valence-electron chi connectivity index (χ4n) is 3.35. The first kappa shape index (κ1) is 23.3. The number of halogens is 2. The molecule has 2 aromatic carbocycles. The molecule has 30 heavy (non-hydrogen) atoms. The van der Waals surface area contributed by atoms with Gasteiger partial charge in [-0.1, -0.05) is 24.3 Å². The molecule has 0 bridgehead atoms. The van der Waals surface area contributed by atoms with E-state index in [1.807, 2.05) is 48.5 Å². The van der Waals surface area contributed by atoms with E-state index in [1.165, 1.54) is 0 Å². The summed E-state index contributed by atoms with van der Waals surface area (Å²) < 4.78 is 11.8. The highest BCUT2D eigenvalue weighted by atomic mass is 35.5. The summed E-state index contributed by atoms with van der Waals surface area (Å²) in [6.07, 6.45) is 3.65. The van der Waals surface area contributed by atoms with Crippen LogP contribution in [-0.4, -0.2) is 11.7 Å². The van der Waals surface area contributed by atoms with Crippen molar-refractivity contribution in [2.75, 3.05) is 0 Å². The summed E-state index contributed by atoms with van der Waals surface area (Å²) in [6, 6.07) is 15.3. The molecular formula is C22H24Cl2N4O2. The van der Waals surface area contributed by atoms with Gasteiger partial charge in [0.25, 0.3) is 0 Å². The van der Waals surface area contributed by atoms with Crippen LogP contribution < -0.4 is 11.5 Å². The van der Waals surface area contributed by atoms with Gasteiger partial charge in [0, 0.05) is 34.7 Å². The summed E-state index contributed by atoms with van der Waals surface area (Å²) in [5, 5.41) is 17.1. The molecule has 8 heteroatoms. The van der Waals surface area contributed by atoms with Crippen molar-refractivity contribution in [1.29, 1.82) is 10.8 Å². The minimum atomic E-state index is 0. The summed E-state index contributed by atoms with van der Waals surface area (Å²) in [6.45, 7) is 0. The number of unbranched alkanes of at least 4 members (excludes halogenated alkanes) is 1. The van der Waals surface area contributed by atoms with Gasteiger partial charge in [-0.3, -0.25) is 10.8 Å². The molecule has 0 aliphatic heterocycles. The van der Waals surface area contributed by atoms with Crippen LogP contribution >= 0.6 is 24.8 Å². The normalized spacial score (nSPS) is 10.5. The second-order valence-electron chi connectivity index (χ2n) is 6.97. The quantitative estimate of drug-likeness (QED) is 0.177. The zero-order valence-corrected chi connectivity index (χ0v) is 17.9. The van der Waals surface area contributed by atoms with E-state index in [0.29, 0.717) is 11.1 Å². The molecule has 0 spiro atoms. The van der Waals surface area contributed by atoms with E-state index in [1.54, 1.807) is 0 Å². The molecule has 0 amide bonds. The summed E-state index contributed by atoms with van der Waals surface area (Å²) >= 11 is 0. The Labute approximate surface area is 186 Å². The molecule has 0 saturated carbocycles. The highest BCUT2D eigenvalue weighted by Crippen LogP contribution is 2.24. The van der Waals surface area contributed by atoms with Crippen LogP contribution in [-0.2, 0) is 12.8 Å². The van der Waals surface area contributed by atoms with E-state index < -0.39 is 0 Å². The molecule has 158 valence electrons. The van der Waals surface area contributed by atoms with Crippen molar-refractivity contribution in [3.63, 3.8) is 0 Å². The first-order valence-corrected chi connectivity index (χ1v) is 9.23. The van der Waals surface area contributed by atoms with Crippen LogP contribution in [0.2, 0.25) is 0 Å². The number of nitrogen functional groups attached to an aromatic ring is 2. The van der Waals surface area contributed by atoms with Gasteiger partial charge in [-0.15, -0.1) is 24.8 Å². The Morgan fingerprint density at radius 3 is 1.43 bits per heavy atom. The molecule has 2 aromatic heterocycles. The SMILES string of the molecule is Cl.Cl.N=C(N)c1ccc2cc(CCCCc3cc4ccc(C(=N)N)cc4o3)oc2c1. The van der Waals surface area contributed by atoms with Crippen LogP contribution in [0.1, 0.15) is 35.5 Å². The molecule has 0 fully saturated rings. The molecule has 0 unspecified atom stereocenters. The maximum absolute atomic E-state index is 7.52. The van der Waals surface area contributed by atoms with Gasteiger partial charge in [0.05, 0.1) is 0 Å². The van der Waals surface area contributed by atoms with Crippen molar-refractivity contribution in [3.05, 3.63) is 71.2 Å². The van der Waals surface area contributed by atoms with E-state index in [-0.39, 0.29) is 36.5 Å². The van der Waals surface area contributed by atoms with E-state index in [0.717, 1.165) is 59.1 Å². The van der Waals surface area contributed by atoms with Crippen molar-refractivity contribution in [3.8, 4) is 0 Å². The monoisotopic (exact) mass is 446 g/mol.